The Hall–Kier alpha value is -2.14. The maximum atomic E-state index is 12.4. The number of halogens is 2. The molecule has 3 aromatic carbocycles. The molecule has 0 aliphatic heterocycles. The van der Waals surface area contributed by atoms with Crippen LogP contribution in [0.3, 0.4) is 0 Å². The summed E-state index contributed by atoms with van der Waals surface area (Å²) in [6.07, 6.45) is 0. The molecule has 0 saturated carbocycles. The fourth-order valence-corrected chi connectivity index (χ4v) is 3.97. The van der Waals surface area contributed by atoms with E-state index in [1.807, 2.05) is 30.3 Å². The SMILES string of the molecule is O=C(Nc1nc2c(ccc3ccccc32)s1)c1cc(Cl)cc(Cl)c1. The molecule has 0 atom stereocenters. The summed E-state index contributed by atoms with van der Waals surface area (Å²) in [5.74, 6) is -0.289. The van der Waals surface area contributed by atoms with E-state index in [0.29, 0.717) is 20.7 Å². The molecule has 4 rings (SSSR count). The van der Waals surface area contributed by atoms with Crippen LogP contribution in [0.25, 0.3) is 21.0 Å². The maximum Gasteiger partial charge on any atom is 0.257 e. The van der Waals surface area contributed by atoms with Crippen LogP contribution in [0.5, 0.6) is 0 Å². The van der Waals surface area contributed by atoms with Gasteiger partial charge in [0.15, 0.2) is 5.13 Å². The van der Waals surface area contributed by atoms with Gasteiger partial charge in [-0.3, -0.25) is 10.1 Å². The first-order valence-electron chi connectivity index (χ1n) is 7.16. The molecule has 0 saturated heterocycles. The lowest BCUT2D eigenvalue weighted by molar-refractivity contribution is 0.102. The molecule has 0 aliphatic rings. The van der Waals surface area contributed by atoms with Gasteiger partial charge in [0, 0.05) is 21.0 Å². The molecular formula is C18H10Cl2N2OS. The predicted molar refractivity (Wildman–Crippen MR) is 102 cm³/mol. The van der Waals surface area contributed by atoms with Gasteiger partial charge in [-0.05, 0) is 29.7 Å². The second-order valence-corrected chi connectivity index (χ2v) is 7.17. The second-order valence-electron chi connectivity index (χ2n) is 5.26. The quantitative estimate of drug-likeness (QED) is 0.468. The van der Waals surface area contributed by atoms with Crippen molar-refractivity contribution in [3.63, 3.8) is 0 Å². The minimum Gasteiger partial charge on any atom is -0.298 e. The molecule has 0 bridgehead atoms. The first kappa shape index (κ1) is 15.4. The number of rotatable bonds is 2. The predicted octanol–water partition coefficient (Wildman–Crippen LogP) is 6.01. The van der Waals surface area contributed by atoms with Crippen LogP contribution in [-0.4, -0.2) is 10.9 Å². The Morgan fingerprint density at radius 1 is 1.00 bits per heavy atom. The Bertz CT molecular complexity index is 1070. The highest BCUT2D eigenvalue weighted by Gasteiger charge is 2.12. The summed E-state index contributed by atoms with van der Waals surface area (Å²) >= 11 is 13.3. The average molecular weight is 373 g/mol. The van der Waals surface area contributed by atoms with Gasteiger partial charge in [-0.15, -0.1) is 0 Å². The highest BCUT2D eigenvalue weighted by Crippen LogP contribution is 2.32. The summed E-state index contributed by atoms with van der Waals surface area (Å²) in [6.45, 7) is 0. The van der Waals surface area contributed by atoms with Crippen molar-refractivity contribution in [2.75, 3.05) is 5.32 Å². The van der Waals surface area contributed by atoms with Gasteiger partial charge in [0.2, 0.25) is 0 Å². The van der Waals surface area contributed by atoms with Crippen molar-refractivity contribution in [3.05, 3.63) is 70.2 Å². The highest BCUT2D eigenvalue weighted by molar-refractivity contribution is 7.22. The zero-order chi connectivity index (χ0) is 16.7. The van der Waals surface area contributed by atoms with Gasteiger partial charge in [-0.25, -0.2) is 4.98 Å². The number of hydrogen-bond acceptors (Lipinski definition) is 3. The molecule has 0 unspecified atom stereocenters. The van der Waals surface area contributed by atoms with Gasteiger partial charge in [0.1, 0.15) is 0 Å². The van der Waals surface area contributed by atoms with Crippen LogP contribution in [0.15, 0.2) is 54.6 Å². The van der Waals surface area contributed by atoms with Gasteiger partial charge >= 0.3 is 0 Å². The van der Waals surface area contributed by atoms with Crippen LogP contribution in [0.4, 0.5) is 5.13 Å². The van der Waals surface area contributed by atoms with Crippen molar-refractivity contribution in [2.24, 2.45) is 0 Å². The molecule has 0 fully saturated rings. The number of benzene rings is 3. The molecule has 1 amide bonds. The summed E-state index contributed by atoms with van der Waals surface area (Å²) in [4.78, 5) is 17.0. The molecule has 0 spiro atoms. The lowest BCUT2D eigenvalue weighted by Gasteiger charge is -2.03. The Labute approximate surface area is 151 Å². The second kappa shape index (κ2) is 6.06. The molecule has 1 aromatic heterocycles. The van der Waals surface area contributed by atoms with Crippen molar-refractivity contribution in [1.82, 2.24) is 4.98 Å². The third-order valence-electron chi connectivity index (χ3n) is 3.63. The maximum absolute atomic E-state index is 12.4. The normalized spacial score (nSPS) is 11.1. The van der Waals surface area contributed by atoms with Gasteiger partial charge in [0.05, 0.1) is 10.2 Å². The van der Waals surface area contributed by atoms with E-state index in [-0.39, 0.29) is 5.91 Å². The lowest BCUT2D eigenvalue weighted by Crippen LogP contribution is -2.11. The smallest absolute Gasteiger partial charge is 0.257 e. The van der Waals surface area contributed by atoms with E-state index in [9.17, 15) is 4.79 Å². The molecule has 24 heavy (non-hydrogen) atoms. The van der Waals surface area contributed by atoms with Crippen LogP contribution in [-0.2, 0) is 0 Å². The zero-order valence-corrected chi connectivity index (χ0v) is 14.5. The molecular weight excluding hydrogens is 363 g/mol. The highest BCUT2D eigenvalue weighted by atomic mass is 35.5. The largest absolute Gasteiger partial charge is 0.298 e. The molecule has 3 nitrogen and oxygen atoms in total. The number of nitrogens with one attached hydrogen (secondary N) is 1. The molecule has 0 aliphatic carbocycles. The first-order chi connectivity index (χ1) is 11.6. The van der Waals surface area contributed by atoms with E-state index in [4.69, 9.17) is 23.2 Å². The van der Waals surface area contributed by atoms with E-state index in [2.05, 4.69) is 16.4 Å². The number of amides is 1. The van der Waals surface area contributed by atoms with Crippen molar-refractivity contribution >= 4 is 66.6 Å². The molecule has 118 valence electrons. The van der Waals surface area contributed by atoms with E-state index >= 15 is 0 Å². The summed E-state index contributed by atoms with van der Waals surface area (Å²) in [5, 5.41) is 6.39. The summed E-state index contributed by atoms with van der Waals surface area (Å²) in [5.41, 5.74) is 1.29. The molecule has 1 N–H and O–H groups in total. The lowest BCUT2D eigenvalue weighted by atomic mass is 10.1. The Balaban J connectivity index is 1.72. The van der Waals surface area contributed by atoms with Gasteiger partial charge in [-0.2, -0.15) is 0 Å². The molecule has 4 aromatic rings. The number of carbonyl (C=O) groups excluding carboxylic acids is 1. The number of thiazole rings is 1. The summed E-state index contributed by atoms with van der Waals surface area (Å²) in [6, 6.07) is 16.8. The standard InChI is InChI=1S/C18H10Cl2N2OS/c19-12-7-11(8-13(20)9-12)17(23)22-18-21-16-14-4-2-1-3-10(14)5-6-15(16)24-18/h1-9H,(H,21,22,23). The summed E-state index contributed by atoms with van der Waals surface area (Å²) < 4.78 is 1.02. The Kier molecular flexibility index (Phi) is 3.88. The number of anilines is 1. The Morgan fingerprint density at radius 2 is 1.75 bits per heavy atom. The minimum absolute atomic E-state index is 0.289. The van der Waals surface area contributed by atoms with Crippen LogP contribution in [0.2, 0.25) is 10.0 Å². The Morgan fingerprint density at radius 3 is 2.54 bits per heavy atom. The molecule has 0 radical (unpaired) electrons. The van der Waals surface area contributed by atoms with E-state index < -0.39 is 0 Å². The number of aromatic nitrogens is 1. The van der Waals surface area contributed by atoms with Crippen LogP contribution in [0, 0.1) is 0 Å². The van der Waals surface area contributed by atoms with Crippen molar-refractivity contribution in [2.45, 2.75) is 0 Å². The van der Waals surface area contributed by atoms with Crippen LogP contribution in [0.1, 0.15) is 10.4 Å². The molecule has 6 heteroatoms. The molecule has 1 heterocycles. The third kappa shape index (κ3) is 2.84. The van der Waals surface area contributed by atoms with Gasteiger partial charge < -0.3 is 0 Å². The van der Waals surface area contributed by atoms with Gasteiger partial charge in [0.25, 0.3) is 5.91 Å². The fourth-order valence-electron chi connectivity index (χ4n) is 2.57. The van der Waals surface area contributed by atoms with E-state index in [1.165, 1.54) is 11.3 Å². The van der Waals surface area contributed by atoms with E-state index in [1.54, 1.807) is 18.2 Å². The number of fused-ring (bicyclic) bond motifs is 3. The average Bonchev–Trinajstić information content (AvgIpc) is 2.97. The van der Waals surface area contributed by atoms with Crippen molar-refractivity contribution in [1.29, 1.82) is 0 Å². The first-order valence-corrected chi connectivity index (χ1v) is 8.73. The van der Waals surface area contributed by atoms with Gasteiger partial charge in [-0.1, -0.05) is 64.9 Å². The van der Waals surface area contributed by atoms with Crippen molar-refractivity contribution < 1.29 is 4.79 Å². The topological polar surface area (TPSA) is 42.0 Å². The van der Waals surface area contributed by atoms with Crippen LogP contribution >= 0.6 is 34.5 Å². The van der Waals surface area contributed by atoms with Crippen LogP contribution < -0.4 is 5.32 Å². The van der Waals surface area contributed by atoms with Crippen molar-refractivity contribution in [3.8, 4) is 0 Å². The number of nitrogens with zero attached hydrogens (tertiary/aromatic N) is 1. The zero-order valence-electron chi connectivity index (χ0n) is 12.2. The monoisotopic (exact) mass is 372 g/mol. The minimum atomic E-state index is -0.289. The number of carbonyl (C=O) groups is 1. The van der Waals surface area contributed by atoms with E-state index in [0.717, 1.165) is 21.0 Å². The summed E-state index contributed by atoms with van der Waals surface area (Å²) in [7, 11) is 0. The fraction of sp³-hybridized carbons (Fsp3) is 0. The number of hydrogen-bond donors (Lipinski definition) is 1. The third-order valence-corrected chi connectivity index (χ3v) is 5.00.